The summed E-state index contributed by atoms with van der Waals surface area (Å²) >= 11 is 0. The Morgan fingerprint density at radius 3 is 2.40 bits per heavy atom. The van der Waals surface area contributed by atoms with Crippen LogP contribution in [-0.2, 0) is 4.79 Å². The molecule has 1 aromatic rings. The molecule has 0 aliphatic carbocycles. The molecule has 0 heterocycles. The lowest BCUT2D eigenvalue weighted by atomic mass is 10.1. The average molecular weight is 206 g/mol. The molecule has 0 N–H and O–H groups in total. The number of unbranched alkanes of at least 4 members (excludes halogenated alkanes) is 2. The van der Waals surface area contributed by atoms with Crippen molar-refractivity contribution >= 4 is 12.1 Å². The summed E-state index contributed by atoms with van der Waals surface area (Å²) in [5, 5.41) is 0. The monoisotopic (exact) mass is 206 g/mol. The van der Waals surface area contributed by atoms with Crippen molar-refractivity contribution in [2.75, 3.05) is 0 Å². The van der Waals surface area contributed by atoms with Crippen molar-refractivity contribution in [2.24, 2.45) is 0 Å². The van der Waals surface area contributed by atoms with Crippen LogP contribution in [0.3, 0.4) is 0 Å². The maximum Gasteiger partial charge on any atom is 0.162 e. The van der Waals surface area contributed by atoms with Gasteiger partial charge in [-0.3, -0.25) is 4.79 Å². The van der Waals surface area contributed by atoms with E-state index in [0.29, 0.717) is 12.8 Å². The van der Waals surface area contributed by atoms with Crippen LogP contribution in [0.25, 0.3) is 0 Å². The Bertz CT molecular complexity index is 291. The lowest BCUT2D eigenvalue weighted by molar-refractivity contribution is -0.107. The molecule has 2 nitrogen and oxygen atoms in total. The molecule has 82 valence electrons. The maximum atomic E-state index is 11.5. The first kappa shape index (κ1) is 13.6. The molecule has 0 spiro atoms. The summed E-state index contributed by atoms with van der Waals surface area (Å²) in [6.07, 6.45) is 3.60. The van der Waals surface area contributed by atoms with Crippen LogP contribution in [0, 0.1) is 0 Å². The Kier molecular flexibility index (Phi) is 7.16. The van der Waals surface area contributed by atoms with E-state index in [0.717, 1.165) is 24.7 Å². The van der Waals surface area contributed by atoms with Gasteiger partial charge in [-0.15, -0.1) is 0 Å². The van der Waals surface area contributed by atoms with E-state index in [1.807, 2.05) is 30.3 Å². The molecule has 0 aliphatic heterocycles. The van der Waals surface area contributed by atoms with Gasteiger partial charge in [-0.1, -0.05) is 37.8 Å². The van der Waals surface area contributed by atoms with Gasteiger partial charge in [0.05, 0.1) is 0 Å². The van der Waals surface area contributed by atoms with Crippen molar-refractivity contribution in [1.29, 1.82) is 0 Å². The van der Waals surface area contributed by atoms with Crippen molar-refractivity contribution in [2.45, 2.75) is 33.1 Å². The van der Waals surface area contributed by atoms with Crippen molar-refractivity contribution in [3.63, 3.8) is 0 Å². The second-order valence-electron chi connectivity index (χ2n) is 3.20. The molecular weight excluding hydrogens is 188 g/mol. The number of hydrogen-bond donors (Lipinski definition) is 0. The maximum absolute atomic E-state index is 11.5. The summed E-state index contributed by atoms with van der Waals surface area (Å²) in [5.74, 6) is 0.163. The van der Waals surface area contributed by atoms with E-state index >= 15 is 0 Å². The summed E-state index contributed by atoms with van der Waals surface area (Å²) in [6, 6.07) is 9.25. The van der Waals surface area contributed by atoms with E-state index in [9.17, 15) is 9.59 Å². The molecule has 1 aromatic carbocycles. The first-order valence-corrected chi connectivity index (χ1v) is 4.86. The minimum atomic E-state index is 0. The molecule has 1 rings (SSSR count). The second-order valence-corrected chi connectivity index (χ2v) is 3.20. The van der Waals surface area contributed by atoms with Gasteiger partial charge in [-0.05, 0) is 12.8 Å². The van der Waals surface area contributed by atoms with Crippen LogP contribution in [0.4, 0.5) is 0 Å². The fourth-order valence-corrected chi connectivity index (χ4v) is 1.28. The van der Waals surface area contributed by atoms with Crippen LogP contribution in [0.1, 0.15) is 43.5 Å². The van der Waals surface area contributed by atoms with Gasteiger partial charge in [-0.25, -0.2) is 0 Å². The minimum Gasteiger partial charge on any atom is -0.303 e. The summed E-state index contributed by atoms with van der Waals surface area (Å²) < 4.78 is 0. The number of carbonyl (C=O) groups excluding carboxylic acids is 2. The third kappa shape index (κ3) is 5.11. The van der Waals surface area contributed by atoms with Crippen molar-refractivity contribution in [1.82, 2.24) is 0 Å². The number of ketones is 1. The Balaban J connectivity index is 0.00000196. The number of aldehydes is 1. The number of benzene rings is 1. The second kappa shape index (κ2) is 7.92. The van der Waals surface area contributed by atoms with Gasteiger partial charge in [0.15, 0.2) is 5.78 Å². The summed E-state index contributed by atoms with van der Waals surface area (Å²) in [6.45, 7) is 0. The number of rotatable bonds is 6. The third-order valence-electron chi connectivity index (χ3n) is 2.07. The van der Waals surface area contributed by atoms with E-state index in [1.54, 1.807) is 0 Å². The molecule has 0 amide bonds. The van der Waals surface area contributed by atoms with Crippen LogP contribution in [0.15, 0.2) is 30.3 Å². The van der Waals surface area contributed by atoms with Gasteiger partial charge in [0.2, 0.25) is 0 Å². The highest BCUT2D eigenvalue weighted by Gasteiger charge is 2.03. The normalized spacial score (nSPS) is 9.07. The Labute approximate surface area is 91.3 Å². The molecule has 0 fully saturated rings. The number of hydrogen-bond acceptors (Lipinski definition) is 2. The van der Waals surface area contributed by atoms with Gasteiger partial charge >= 0.3 is 0 Å². The third-order valence-corrected chi connectivity index (χ3v) is 2.07. The Morgan fingerprint density at radius 1 is 1.13 bits per heavy atom. The lowest BCUT2D eigenvalue weighted by Gasteiger charge is -1.98. The zero-order valence-corrected chi connectivity index (χ0v) is 8.11. The highest BCUT2D eigenvalue weighted by Crippen LogP contribution is 2.07. The van der Waals surface area contributed by atoms with E-state index in [-0.39, 0.29) is 13.2 Å². The smallest absolute Gasteiger partial charge is 0.162 e. The highest BCUT2D eigenvalue weighted by atomic mass is 16.1. The summed E-state index contributed by atoms with van der Waals surface area (Å²) in [7, 11) is 0. The van der Waals surface area contributed by atoms with Gasteiger partial charge in [0.1, 0.15) is 6.29 Å². The predicted molar refractivity (Wildman–Crippen MR) is 62.0 cm³/mol. The van der Waals surface area contributed by atoms with Crippen LogP contribution < -0.4 is 0 Å². The fraction of sp³-hybridized carbons (Fsp3) is 0.385. The van der Waals surface area contributed by atoms with E-state index in [4.69, 9.17) is 0 Å². The molecule has 0 bridgehead atoms. The SMILES string of the molecule is C.O=CCCCCC(=O)c1ccccc1. The van der Waals surface area contributed by atoms with Gasteiger partial charge < -0.3 is 4.79 Å². The van der Waals surface area contributed by atoms with Gasteiger partial charge in [-0.2, -0.15) is 0 Å². The lowest BCUT2D eigenvalue weighted by Crippen LogP contribution is -1.98. The quantitative estimate of drug-likeness (QED) is 0.406. The minimum absolute atomic E-state index is 0. The standard InChI is InChI=1S/C12H14O2.CH4/c13-10-6-2-5-9-12(14)11-7-3-1-4-8-11;/h1,3-4,7-8,10H,2,5-6,9H2;1H4. The van der Waals surface area contributed by atoms with Gasteiger partial charge in [0, 0.05) is 18.4 Å². The van der Waals surface area contributed by atoms with E-state index < -0.39 is 0 Å². The van der Waals surface area contributed by atoms with Crippen molar-refractivity contribution in [3.05, 3.63) is 35.9 Å². The molecule has 0 aliphatic rings. The topological polar surface area (TPSA) is 34.1 Å². The van der Waals surface area contributed by atoms with Crippen LogP contribution >= 0.6 is 0 Å². The van der Waals surface area contributed by atoms with Crippen LogP contribution in [0.2, 0.25) is 0 Å². The fourth-order valence-electron chi connectivity index (χ4n) is 1.28. The zero-order chi connectivity index (χ0) is 10.2. The van der Waals surface area contributed by atoms with E-state index in [1.165, 1.54) is 0 Å². The zero-order valence-electron chi connectivity index (χ0n) is 8.11. The molecule has 0 radical (unpaired) electrons. The Morgan fingerprint density at radius 2 is 1.80 bits per heavy atom. The first-order chi connectivity index (χ1) is 6.84. The van der Waals surface area contributed by atoms with Crippen LogP contribution in [0.5, 0.6) is 0 Å². The summed E-state index contributed by atoms with van der Waals surface area (Å²) in [5.41, 5.74) is 0.763. The van der Waals surface area contributed by atoms with Gasteiger partial charge in [0.25, 0.3) is 0 Å². The average Bonchev–Trinajstić information content (AvgIpc) is 2.25. The molecule has 15 heavy (non-hydrogen) atoms. The Hall–Kier alpha value is -1.44. The highest BCUT2D eigenvalue weighted by molar-refractivity contribution is 5.95. The predicted octanol–water partition coefficient (Wildman–Crippen LogP) is 3.26. The molecular formula is C13H18O2. The molecule has 0 saturated carbocycles. The summed E-state index contributed by atoms with van der Waals surface area (Å²) in [4.78, 5) is 21.6. The molecule has 0 unspecified atom stereocenters. The molecule has 0 atom stereocenters. The number of carbonyl (C=O) groups is 2. The molecule has 0 saturated heterocycles. The van der Waals surface area contributed by atoms with Crippen molar-refractivity contribution in [3.8, 4) is 0 Å². The molecule has 0 aromatic heterocycles. The largest absolute Gasteiger partial charge is 0.303 e. The van der Waals surface area contributed by atoms with Crippen molar-refractivity contribution < 1.29 is 9.59 Å². The van der Waals surface area contributed by atoms with Crippen LogP contribution in [-0.4, -0.2) is 12.1 Å². The first-order valence-electron chi connectivity index (χ1n) is 4.86. The molecule has 2 heteroatoms. The van der Waals surface area contributed by atoms with E-state index in [2.05, 4.69) is 0 Å². The number of Topliss-reactive ketones (excluding diaryl/α,β-unsaturated/α-hetero) is 1.